The highest BCUT2D eigenvalue weighted by Gasteiger charge is 2.25. The van der Waals surface area contributed by atoms with Crippen LogP contribution in [0, 0.1) is 17.0 Å². The van der Waals surface area contributed by atoms with Crippen LogP contribution in [0.2, 0.25) is 0 Å². The normalized spacial score (nSPS) is 22.3. The Kier molecular flexibility index (Phi) is 4.34. The molecule has 0 saturated heterocycles. The lowest BCUT2D eigenvalue weighted by atomic mass is 9.92. The molecule has 0 bridgehead atoms. The van der Waals surface area contributed by atoms with Crippen LogP contribution in [-0.4, -0.2) is 28.1 Å². The monoisotopic (exact) mass is 278 g/mol. The summed E-state index contributed by atoms with van der Waals surface area (Å²) in [5.74, 6) is -0.376. The number of hydrogen-bond acceptors (Lipinski definition) is 4. The molecule has 1 aliphatic rings. The highest BCUT2D eigenvalue weighted by molar-refractivity contribution is 5.95. The lowest BCUT2D eigenvalue weighted by molar-refractivity contribution is -0.385. The fourth-order valence-electron chi connectivity index (χ4n) is 2.48. The van der Waals surface area contributed by atoms with Crippen molar-refractivity contribution in [2.24, 2.45) is 0 Å². The molecule has 6 heteroatoms. The van der Waals surface area contributed by atoms with Crippen molar-refractivity contribution in [3.05, 3.63) is 39.4 Å². The third kappa shape index (κ3) is 3.14. The number of rotatable bonds is 3. The SMILES string of the molecule is Cc1ccc(C(=O)N[C@H]2CCCC[C@@H]2O)cc1[N+](=O)[O-]. The van der Waals surface area contributed by atoms with E-state index in [0.29, 0.717) is 12.0 Å². The highest BCUT2D eigenvalue weighted by atomic mass is 16.6. The largest absolute Gasteiger partial charge is 0.391 e. The van der Waals surface area contributed by atoms with E-state index in [-0.39, 0.29) is 23.2 Å². The Hall–Kier alpha value is -1.95. The number of nitrogens with zero attached hydrogens (tertiary/aromatic N) is 1. The van der Waals surface area contributed by atoms with Crippen molar-refractivity contribution in [2.45, 2.75) is 44.8 Å². The maximum atomic E-state index is 12.1. The molecule has 0 unspecified atom stereocenters. The number of aryl methyl sites for hydroxylation is 1. The van der Waals surface area contributed by atoms with Gasteiger partial charge >= 0.3 is 0 Å². The second-order valence-corrected chi connectivity index (χ2v) is 5.19. The van der Waals surface area contributed by atoms with Gasteiger partial charge in [0.2, 0.25) is 0 Å². The van der Waals surface area contributed by atoms with Crippen molar-refractivity contribution >= 4 is 11.6 Å². The number of nitro benzene ring substituents is 1. The van der Waals surface area contributed by atoms with E-state index in [9.17, 15) is 20.0 Å². The van der Waals surface area contributed by atoms with Crippen LogP contribution >= 0.6 is 0 Å². The van der Waals surface area contributed by atoms with Crippen LogP contribution in [0.5, 0.6) is 0 Å². The van der Waals surface area contributed by atoms with Gasteiger partial charge in [-0.05, 0) is 25.8 Å². The lowest BCUT2D eigenvalue weighted by Gasteiger charge is -2.28. The highest BCUT2D eigenvalue weighted by Crippen LogP contribution is 2.21. The van der Waals surface area contributed by atoms with Crippen molar-refractivity contribution in [2.75, 3.05) is 0 Å². The molecule has 1 aromatic carbocycles. The number of hydrogen-bond donors (Lipinski definition) is 2. The zero-order chi connectivity index (χ0) is 14.7. The Morgan fingerprint density at radius 1 is 1.40 bits per heavy atom. The molecule has 20 heavy (non-hydrogen) atoms. The Morgan fingerprint density at radius 2 is 2.10 bits per heavy atom. The molecule has 6 nitrogen and oxygen atoms in total. The molecule has 0 spiro atoms. The number of carbonyl (C=O) groups excluding carboxylic acids is 1. The average Bonchev–Trinajstić information content (AvgIpc) is 2.41. The Labute approximate surface area is 117 Å². The lowest BCUT2D eigenvalue weighted by Crippen LogP contribution is -2.45. The summed E-state index contributed by atoms with van der Waals surface area (Å²) in [4.78, 5) is 22.5. The van der Waals surface area contributed by atoms with Crippen molar-refractivity contribution in [3.63, 3.8) is 0 Å². The summed E-state index contributed by atoms with van der Waals surface area (Å²) in [7, 11) is 0. The second kappa shape index (κ2) is 6.00. The molecule has 1 fully saturated rings. The number of nitro groups is 1. The second-order valence-electron chi connectivity index (χ2n) is 5.19. The van der Waals surface area contributed by atoms with Gasteiger partial charge in [-0.3, -0.25) is 14.9 Å². The van der Waals surface area contributed by atoms with Crippen LogP contribution in [-0.2, 0) is 0 Å². The predicted octanol–water partition coefficient (Wildman–Crippen LogP) is 1.94. The minimum Gasteiger partial charge on any atom is -0.391 e. The van der Waals surface area contributed by atoms with E-state index in [4.69, 9.17) is 0 Å². The van der Waals surface area contributed by atoms with E-state index in [0.717, 1.165) is 19.3 Å². The van der Waals surface area contributed by atoms with Gasteiger partial charge in [-0.2, -0.15) is 0 Å². The van der Waals surface area contributed by atoms with E-state index in [2.05, 4.69) is 5.32 Å². The summed E-state index contributed by atoms with van der Waals surface area (Å²) in [6, 6.07) is 4.13. The van der Waals surface area contributed by atoms with Gasteiger partial charge in [0, 0.05) is 17.2 Å². The van der Waals surface area contributed by atoms with Gasteiger partial charge in [-0.25, -0.2) is 0 Å². The van der Waals surface area contributed by atoms with Crippen molar-refractivity contribution in [1.82, 2.24) is 5.32 Å². The van der Waals surface area contributed by atoms with Crippen LogP contribution in [0.3, 0.4) is 0 Å². The molecule has 1 aromatic rings. The topological polar surface area (TPSA) is 92.5 Å². The number of amides is 1. The first-order valence-corrected chi connectivity index (χ1v) is 6.73. The summed E-state index contributed by atoms with van der Waals surface area (Å²) >= 11 is 0. The summed E-state index contributed by atoms with van der Waals surface area (Å²) < 4.78 is 0. The van der Waals surface area contributed by atoms with E-state index < -0.39 is 11.0 Å². The standard InChI is InChI=1S/C14H18N2O4/c1-9-6-7-10(8-12(9)16(19)20)14(18)15-11-4-2-3-5-13(11)17/h6-8,11,13,17H,2-5H2,1H3,(H,15,18)/t11-,13-/m0/s1. The minimum absolute atomic E-state index is 0.0677. The van der Waals surface area contributed by atoms with E-state index in [1.165, 1.54) is 6.07 Å². The first-order valence-electron chi connectivity index (χ1n) is 6.73. The third-order valence-corrected chi connectivity index (χ3v) is 3.71. The molecule has 2 rings (SSSR count). The summed E-state index contributed by atoms with van der Waals surface area (Å²) in [6.07, 6.45) is 2.81. The van der Waals surface area contributed by atoms with Crippen molar-refractivity contribution in [1.29, 1.82) is 0 Å². The minimum atomic E-state index is -0.534. The molecule has 1 amide bonds. The maximum absolute atomic E-state index is 12.1. The van der Waals surface area contributed by atoms with Gasteiger partial charge in [0.15, 0.2) is 0 Å². The molecule has 1 saturated carbocycles. The molecular formula is C14H18N2O4. The average molecular weight is 278 g/mol. The van der Waals surface area contributed by atoms with E-state index in [1.54, 1.807) is 19.1 Å². The smallest absolute Gasteiger partial charge is 0.273 e. The van der Waals surface area contributed by atoms with Crippen molar-refractivity contribution in [3.8, 4) is 0 Å². The summed E-state index contributed by atoms with van der Waals surface area (Å²) in [5.41, 5.74) is 0.700. The van der Waals surface area contributed by atoms with Crippen molar-refractivity contribution < 1.29 is 14.8 Å². The van der Waals surface area contributed by atoms with Crippen LogP contribution in [0.4, 0.5) is 5.69 Å². The predicted molar refractivity (Wildman–Crippen MR) is 73.6 cm³/mol. The fourth-order valence-corrected chi connectivity index (χ4v) is 2.48. The molecule has 2 atom stereocenters. The Bertz CT molecular complexity index is 530. The Morgan fingerprint density at radius 3 is 2.75 bits per heavy atom. The van der Waals surface area contributed by atoms with Gasteiger partial charge in [0.1, 0.15) is 0 Å². The quantitative estimate of drug-likeness (QED) is 0.652. The molecule has 0 heterocycles. The molecule has 0 aliphatic heterocycles. The molecule has 0 aromatic heterocycles. The maximum Gasteiger partial charge on any atom is 0.273 e. The zero-order valence-corrected chi connectivity index (χ0v) is 11.3. The van der Waals surface area contributed by atoms with Crippen LogP contribution in [0.15, 0.2) is 18.2 Å². The molecular weight excluding hydrogens is 260 g/mol. The first-order chi connectivity index (χ1) is 9.49. The number of carbonyl (C=O) groups is 1. The molecule has 0 radical (unpaired) electrons. The molecule has 2 N–H and O–H groups in total. The van der Waals surface area contributed by atoms with Gasteiger partial charge in [0.05, 0.1) is 17.1 Å². The summed E-state index contributed by atoms with van der Waals surface area (Å²) in [5, 5.41) is 23.5. The van der Waals surface area contributed by atoms with Gasteiger partial charge in [-0.1, -0.05) is 18.9 Å². The summed E-state index contributed by atoms with van der Waals surface area (Å²) in [6.45, 7) is 1.63. The number of aliphatic hydroxyl groups excluding tert-OH is 1. The van der Waals surface area contributed by atoms with Crippen LogP contribution in [0.1, 0.15) is 41.6 Å². The van der Waals surface area contributed by atoms with E-state index >= 15 is 0 Å². The fraction of sp³-hybridized carbons (Fsp3) is 0.500. The van der Waals surface area contributed by atoms with Crippen LogP contribution in [0.25, 0.3) is 0 Å². The number of nitrogens with one attached hydrogen (secondary N) is 1. The van der Waals surface area contributed by atoms with E-state index in [1.807, 2.05) is 0 Å². The zero-order valence-electron chi connectivity index (χ0n) is 11.3. The number of aliphatic hydroxyl groups is 1. The third-order valence-electron chi connectivity index (χ3n) is 3.71. The van der Waals surface area contributed by atoms with Gasteiger partial charge in [-0.15, -0.1) is 0 Å². The molecule has 1 aliphatic carbocycles. The van der Waals surface area contributed by atoms with Gasteiger partial charge in [0.25, 0.3) is 11.6 Å². The van der Waals surface area contributed by atoms with Crippen LogP contribution < -0.4 is 5.32 Å². The molecule has 108 valence electrons. The Balaban J connectivity index is 2.13. The first kappa shape index (κ1) is 14.5. The number of benzene rings is 1. The van der Waals surface area contributed by atoms with Gasteiger partial charge < -0.3 is 10.4 Å².